The molecule has 1 amide bonds. The van der Waals surface area contributed by atoms with Crippen molar-refractivity contribution >= 4 is 6.09 Å². The van der Waals surface area contributed by atoms with Gasteiger partial charge in [-0.25, -0.2) is 4.79 Å². The van der Waals surface area contributed by atoms with Crippen LogP contribution in [0.3, 0.4) is 0 Å². The smallest absolute Gasteiger partial charge is 0.412 e. The molecule has 5 atom stereocenters. The maximum absolute atomic E-state index is 12.7. The van der Waals surface area contributed by atoms with Crippen molar-refractivity contribution < 1.29 is 28.8 Å². The standard InChI is InChI=1S/C19H23NO6/c1-19(2)24-11-14(26-19)17-16-13(21)8-9-15(25-17)20(16)18(22)23-10-12-6-4-3-5-7-12/h3-9,13-17,21H,10-11H2,1-2H3/t13-,14-,15-,16-,17+/m1/s1. The van der Waals surface area contributed by atoms with E-state index in [0.29, 0.717) is 6.61 Å². The third-order valence-electron chi connectivity index (χ3n) is 4.86. The van der Waals surface area contributed by atoms with Crippen LogP contribution in [-0.4, -0.2) is 59.1 Å². The van der Waals surface area contributed by atoms with Crippen LogP contribution in [0.2, 0.25) is 0 Å². The second kappa shape index (κ2) is 6.66. The maximum Gasteiger partial charge on any atom is 0.412 e. The Balaban J connectivity index is 1.47. The van der Waals surface area contributed by atoms with Crippen molar-refractivity contribution in [2.75, 3.05) is 6.61 Å². The first-order valence-electron chi connectivity index (χ1n) is 8.77. The fourth-order valence-electron chi connectivity index (χ4n) is 3.66. The normalized spacial score (nSPS) is 34.9. The van der Waals surface area contributed by atoms with Crippen LogP contribution in [0, 0.1) is 0 Å². The molecule has 0 spiro atoms. The Kier molecular flexibility index (Phi) is 4.48. The van der Waals surface area contributed by atoms with Crippen LogP contribution in [0.4, 0.5) is 4.79 Å². The highest BCUT2D eigenvalue weighted by atomic mass is 16.8. The van der Waals surface area contributed by atoms with E-state index in [1.165, 1.54) is 4.90 Å². The van der Waals surface area contributed by atoms with E-state index in [1.807, 2.05) is 44.2 Å². The van der Waals surface area contributed by atoms with Gasteiger partial charge in [0.2, 0.25) is 0 Å². The maximum atomic E-state index is 12.7. The molecule has 3 heterocycles. The number of hydrogen-bond acceptors (Lipinski definition) is 6. The molecule has 2 saturated heterocycles. The first-order valence-corrected chi connectivity index (χ1v) is 8.77. The summed E-state index contributed by atoms with van der Waals surface area (Å²) in [6.45, 7) is 4.17. The minimum absolute atomic E-state index is 0.163. The molecular weight excluding hydrogens is 338 g/mol. The Labute approximate surface area is 152 Å². The Hall–Kier alpha value is -1.93. The second-order valence-corrected chi connectivity index (χ2v) is 7.17. The Bertz CT molecular complexity index is 691. The molecule has 7 heteroatoms. The van der Waals surface area contributed by atoms with E-state index in [4.69, 9.17) is 18.9 Å². The average molecular weight is 361 g/mol. The fourth-order valence-corrected chi connectivity index (χ4v) is 3.66. The van der Waals surface area contributed by atoms with Crippen molar-refractivity contribution in [3.8, 4) is 0 Å². The third kappa shape index (κ3) is 3.23. The summed E-state index contributed by atoms with van der Waals surface area (Å²) < 4.78 is 22.9. The van der Waals surface area contributed by atoms with Gasteiger partial charge in [-0.15, -0.1) is 0 Å². The monoisotopic (exact) mass is 361 g/mol. The number of amides is 1. The molecule has 0 unspecified atom stereocenters. The first kappa shape index (κ1) is 17.5. The third-order valence-corrected chi connectivity index (χ3v) is 4.86. The molecule has 1 aromatic rings. The molecule has 2 fully saturated rings. The van der Waals surface area contributed by atoms with Gasteiger partial charge in [-0.1, -0.05) is 36.4 Å². The van der Waals surface area contributed by atoms with Crippen LogP contribution >= 0.6 is 0 Å². The summed E-state index contributed by atoms with van der Waals surface area (Å²) in [5, 5.41) is 10.4. The molecule has 1 aromatic carbocycles. The lowest BCUT2D eigenvalue weighted by molar-refractivity contribution is -0.155. The van der Waals surface area contributed by atoms with E-state index in [-0.39, 0.29) is 12.7 Å². The second-order valence-electron chi connectivity index (χ2n) is 7.17. The van der Waals surface area contributed by atoms with E-state index in [9.17, 15) is 9.90 Å². The zero-order valence-electron chi connectivity index (χ0n) is 14.8. The fraction of sp³-hybridized carbons (Fsp3) is 0.526. The summed E-state index contributed by atoms with van der Waals surface area (Å²) in [5.41, 5.74) is 0.896. The number of nitrogens with zero attached hydrogens (tertiary/aromatic N) is 1. The summed E-state index contributed by atoms with van der Waals surface area (Å²) in [6, 6.07) is 8.88. The number of hydrogen-bond donors (Lipinski definition) is 1. The highest BCUT2D eigenvalue weighted by molar-refractivity contribution is 5.70. The van der Waals surface area contributed by atoms with E-state index in [0.717, 1.165) is 5.56 Å². The average Bonchev–Trinajstić information content (AvgIpc) is 3.13. The lowest BCUT2D eigenvalue weighted by Gasteiger charge is -2.33. The van der Waals surface area contributed by atoms with Gasteiger partial charge in [-0.2, -0.15) is 0 Å². The largest absolute Gasteiger partial charge is 0.444 e. The lowest BCUT2D eigenvalue weighted by atomic mass is 9.98. The zero-order valence-corrected chi connectivity index (χ0v) is 14.8. The zero-order chi connectivity index (χ0) is 18.3. The van der Waals surface area contributed by atoms with Gasteiger partial charge in [0.15, 0.2) is 12.0 Å². The summed E-state index contributed by atoms with van der Waals surface area (Å²) in [5.74, 6) is -0.707. The number of aliphatic hydroxyl groups excluding tert-OH is 1. The molecule has 140 valence electrons. The van der Waals surface area contributed by atoms with Gasteiger partial charge < -0.3 is 24.1 Å². The van der Waals surface area contributed by atoms with Crippen LogP contribution in [-0.2, 0) is 25.6 Å². The van der Waals surface area contributed by atoms with Gasteiger partial charge >= 0.3 is 6.09 Å². The minimum Gasteiger partial charge on any atom is -0.444 e. The Morgan fingerprint density at radius 1 is 1.31 bits per heavy atom. The highest BCUT2D eigenvalue weighted by Gasteiger charge is 2.55. The number of carbonyl (C=O) groups is 1. The summed E-state index contributed by atoms with van der Waals surface area (Å²) in [7, 11) is 0. The van der Waals surface area contributed by atoms with E-state index >= 15 is 0 Å². The van der Waals surface area contributed by atoms with Gasteiger partial charge in [0.05, 0.1) is 18.8 Å². The number of fused-ring (bicyclic) bond motifs is 2. The van der Waals surface area contributed by atoms with Crippen molar-refractivity contribution in [3.05, 3.63) is 48.0 Å². The van der Waals surface area contributed by atoms with Gasteiger partial charge in [0, 0.05) is 0 Å². The minimum atomic E-state index is -0.852. The molecule has 4 rings (SSSR count). The molecule has 2 bridgehead atoms. The number of aliphatic hydroxyl groups is 1. The number of benzene rings is 1. The lowest BCUT2D eigenvalue weighted by Crippen LogP contribution is -2.53. The molecule has 3 aliphatic rings. The molecule has 26 heavy (non-hydrogen) atoms. The number of carbonyl (C=O) groups excluding carboxylic acids is 1. The highest BCUT2D eigenvalue weighted by Crippen LogP contribution is 2.37. The summed E-state index contributed by atoms with van der Waals surface area (Å²) in [6.07, 6.45) is 0.519. The molecule has 1 N–H and O–H groups in total. The van der Waals surface area contributed by atoms with E-state index in [2.05, 4.69) is 0 Å². The van der Waals surface area contributed by atoms with Crippen LogP contribution in [0.15, 0.2) is 42.5 Å². The van der Waals surface area contributed by atoms with Crippen LogP contribution in [0.1, 0.15) is 19.4 Å². The molecule has 0 radical (unpaired) electrons. The van der Waals surface area contributed by atoms with Gasteiger partial charge in [-0.3, -0.25) is 4.90 Å². The SMILES string of the molecule is CC1(C)OC[C@H]([C@@H]2O[C@@H]3C=C[C@@H](O)[C@H]2N3C(=O)OCc2ccccc2)O1. The first-order chi connectivity index (χ1) is 12.4. The molecule has 0 aromatic heterocycles. The molecular formula is C19H23NO6. The van der Waals surface area contributed by atoms with E-state index in [1.54, 1.807) is 12.2 Å². The van der Waals surface area contributed by atoms with Crippen molar-refractivity contribution in [1.82, 2.24) is 4.90 Å². The van der Waals surface area contributed by atoms with E-state index < -0.39 is 36.4 Å². The summed E-state index contributed by atoms with van der Waals surface area (Å²) >= 11 is 0. The van der Waals surface area contributed by atoms with Crippen LogP contribution in [0.5, 0.6) is 0 Å². The number of ether oxygens (including phenoxy) is 4. The van der Waals surface area contributed by atoms with Gasteiger partial charge in [0.1, 0.15) is 18.8 Å². The molecule has 0 aliphatic carbocycles. The predicted molar refractivity (Wildman–Crippen MR) is 91.0 cm³/mol. The van der Waals surface area contributed by atoms with Gasteiger partial charge in [-0.05, 0) is 25.5 Å². The molecule has 0 saturated carbocycles. The topological polar surface area (TPSA) is 77.5 Å². The van der Waals surface area contributed by atoms with Crippen molar-refractivity contribution in [2.24, 2.45) is 0 Å². The van der Waals surface area contributed by atoms with Crippen molar-refractivity contribution in [3.63, 3.8) is 0 Å². The van der Waals surface area contributed by atoms with Crippen molar-refractivity contribution in [2.45, 2.75) is 56.8 Å². The van der Waals surface area contributed by atoms with Crippen LogP contribution in [0.25, 0.3) is 0 Å². The van der Waals surface area contributed by atoms with Crippen molar-refractivity contribution in [1.29, 1.82) is 0 Å². The predicted octanol–water partition coefficient (Wildman–Crippen LogP) is 1.80. The van der Waals surface area contributed by atoms with Gasteiger partial charge in [0.25, 0.3) is 0 Å². The Morgan fingerprint density at radius 3 is 2.77 bits per heavy atom. The summed E-state index contributed by atoms with van der Waals surface area (Å²) in [4.78, 5) is 14.1. The number of rotatable bonds is 3. The quantitative estimate of drug-likeness (QED) is 0.828. The molecule has 7 nitrogen and oxygen atoms in total. The Morgan fingerprint density at radius 2 is 2.08 bits per heavy atom. The van der Waals surface area contributed by atoms with Crippen LogP contribution < -0.4 is 0 Å². The molecule has 3 aliphatic heterocycles.